The van der Waals surface area contributed by atoms with E-state index in [1.807, 2.05) is 13.0 Å². The number of hydrogen-bond donors (Lipinski definition) is 0. The molecule has 0 saturated carbocycles. The summed E-state index contributed by atoms with van der Waals surface area (Å²) < 4.78 is 31.7. The third-order valence-electron chi connectivity index (χ3n) is 3.37. The Hall–Kier alpha value is -1.56. The molecular weight excluding hydrogens is 322 g/mol. The van der Waals surface area contributed by atoms with Gasteiger partial charge < -0.3 is 4.74 Å². The molecule has 2 aromatic rings. The van der Waals surface area contributed by atoms with E-state index in [9.17, 15) is 8.42 Å². The van der Waals surface area contributed by atoms with E-state index in [1.54, 1.807) is 50.6 Å². The molecule has 0 heterocycles. The Bertz CT molecular complexity index is 775. The second-order valence-corrected chi connectivity index (χ2v) is 7.50. The molecule has 0 N–H and O–H groups in total. The zero-order chi connectivity index (χ0) is 16.3. The maximum Gasteiger partial charge on any atom is 0.243 e. The Morgan fingerprint density at radius 3 is 2.50 bits per heavy atom. The number of methoxy groups -OCH3 is 1. The highest BCUT2D eigenvalue weighted by atomic mass is 35.5. The predicted octanol–water partition coefficient (Wildman–Crippen LogP) is 3.48. The van der Waals surface area contributed by atoms with Crippen LogP contribution in [0.1, 0.15) is 11.1 Å². The Labute approximate surface area is 136 Å². The summed E-state index contributed by atoms with van der Waals surface area (Å²) in [5.74, 6) is 0.663. The first-order chi connectivity index (χ1) is 10.3. The summed E-state index contributed by atoms with van der Waals surface area (Å²) in [6, 6.07) is 12.0. The minimum atomic E-state index is -3.56. The van der Waals surface area contributed by atoms with Gasteiger partial charge in [0.15, 0.2) is 0 Å². The number of halogens is 1. The van der Waals surface area contributed by atoms with Crippen LogP contribution in [0.25, 0.3) is 0 Å². The highest BCUT2D eigenvalue weighted by Crippen LogP contribution is 2.24. The second-order valence-electron chi connectivity index (χ2n) is 5.02. The van der Waals surface area contributed by atoms with Gasteiger partial charge in [-0.25, -0.2) is 8.42 Å². The first-order valence-electron chi connectivity index (χ1n) is 6.70. The van der Waals surface area contributed by atoms with Crippen LogP contribution in [-0.2, 0) is 16.6 Å². The van der Waals surface area contributed by atoms with Gasteiger partial charge in [-0.1, -0.05) is 23.7 Å². The largest absolute Gasteiger partial charge is 0.496 e. The molecule has 118 valence electrons. The molecule has 0 bridgehead atoms. The van der Waals surface area contributed by atoms with Crippen LogP contribution in [0.3, 0.4) is 0 Å². The van der Waals surface area contributed by atoms with Crippen molar-refractivity contribution in [3.05, 3.63) is 58.6 Å². The van der Waals surface area contributed by atoms with Crippen LogP contribution in [0, 0.1) is 6.92 Å². The molecule has 2 aromatic carbocycles. The van der Waals surface area contributed by atoms with Crippen molar-refractivity contribution in [1.29, 1.82) is 0 Å². The van der Waals surface area contributed by atoms with Gasteiger partial charge in [0.25, 0.3) is 0 Å². The van der Waals surface area contributed by atoms with E-state index in [0.29, 0.717) is 10.8 Å². The van der Waals surface area contributed by atoms with Crippen LogP contribution >= 0.6 is 11.6 Å². The number of hydrogen-bond acceptors (Lipinski definition) is 3. The Morgan fingerprint density at radius 1 is 1.18 bits per heavy atom. The maximum absolute atomic E-state index is 12.6. The lowest BCUT2D eigenvalue weighted by atomic mass is 10.2. The zero-order valence-corrected chi connectivity index (χ0v) is 14.3. The van der Waals surface area contributed by atoms with E-state index >= 15 is 0 Å². The van der Waals surface area contributed by atoms with Gasteiger partial charge >= 0.3 is 0 Å². The lowest BCUT2D eigenvalue weighted by molar-refractivity contribution is 0.411. The average Bonchev–Trinajstić information content (AvgIpc) is 2.47. The van der Waals surface area contributed by atoms with Crippen molar-refractivity contribution >= 4 is 21.6 Å². The van der Waals surface area contributed by atoms with Gasteiger partial charge in [-0.05, 0) is 48.4 Å². The van der Waals surface area contributed by atoms with Gasteiger partial charge in [-0.2, -0.15) is 4.31 Å². The maximum atomic E-state index is 12.6. The summed E-state index contributed by atoms with van der Waals surface area (Å²) in [5, 5.41) is 0.587. The fourth-order valence-electron chi connectivity index (χ4n) is 2.17. The fourth-order valence-corrected chi connectivity index (χ4v) is 3.63. The molecule has 0 saturated heterocycles. The SMILES string of the molecule is COc1ccc(S(=O)(=O)N(C)Cc2cccc(Cl)c2)cc1C. The molecule has 0 aliphatic rings. The molecule has 0 spiro atoms. The Morgan fingerprint density at radius 2 is 1.91 bits per heavy atom. The molecule has 6 heteroatoms. The molecular formula is C16H18ClNO3S. The van der Waals surface area contributed by atoms with Crippen molar-refractivity contribution in [3.8, 4) is 5.75 Å². The molecule has 0 aromatic heterocycles. The molecule has 0 aliphatic heterocycles. The third-order valence-corrected chi connectivity index (χ3v) is 5.40. The lowest BCUT2D eigenvalue weighted by Gasteiger charge is -2.18. The molecule has 0 unspecified atom stereocenters. The smallest absolute Gasteiger partial charge is 0.243 e. The Kier molecular flexibility index (Phi) is 5.11. The number of rotatable bonds is 5. The van der Waals surface area contributed by atoms with Crippen LogP contribution in [0.15, 0.2) is 47.4 Å². The summed E-state index contributed by atoms with van der Waals surface area (Å²) in [5.41, 5.74) is 1.61. The molecule has 0 atom stereocenters. The number of ether oxygens (including phenoxy) is 1. The topological polar surface area (TPSA) is 46.6 Å². The quantitative estimate of drug-likeness (QED) is 0.837. The zero-order valence-electron chi connectivity index (χ0n) is 12.7. The summed E-state index contributed by atoms with van der Waals surface area (Å²) in [4.78, 5) is 0.246. The van der Waals surface area contributed by atoms with Crippen LogP contribution < -0.4 is 4.74 Å². The lowest BCUT2D eigenvalue weighted by Crippen LogP contribution is -2.26. The van der Waals surface area contributed by atoms with E-state index in [1.165, 1.54) is 4.31 Å². The summed E-state index contributed by atoms with van der Waals surface area (Å²) in [7, 11) is -0.454. The molecule has 0 fully saturated rings. The highest BCUT2D eigenvalue weighted by molar-refractivity contribution is 7.89. The van der Waals surface area contributed by atoms with Crippen LogP contribution in [0.2, 0.25) is 5.02 Å². The molecule has 0 aliphatic carbocycles. The highest BCUT2D eigenvalue weighted by Gasteiger charge is 2.21. The van der Waals surface area contributed by atoms with E-state index in [-0.39, 0.29) is 11.4 Å². The van der Waals surface area contributed by atoms with Crippen molar-refractivity contribution < 1.29 is 13.2 Å². The summed E-state index contributed by atoms with van der Waals surface area (Å²) in [6.07, 6.45) is 0. The van der Waals surface area contributed by atoms with Crippen molar-refractivity contribution in [3.63, 3.8) is 0 Å². The van der Waals surface area contributed by atoms with Gasteiger partial charge in [-0.15, -0.1) is 0 Å². The van der Waals surface area contributed by atoms with Gasteiger partial charge in [0, 0.05) is 18.6 Å². The standard InChI is InChI=1S/C16H18ClNO3S/c1-12-9-15(7-8-16(12)21-3)22(19,20)18(2)11-13-5-4-6-14(17)10-13/h4-10H,11H2,1-3H3. The van der Waals surface area contributed by atoms with E-state index in [2.05, 4.69) is 0 Å². The van der Waals surface area contributed by atoms with Crippen LogP contribution in [-0.4, -0.2) is 26.9 Å². The summed E-state index contributed by atoms with van der Waals surface area (Å²) in [6.45, 7) is 2.07. The van der Waals surface area contributed by atoms with Crippen LogP contribution in [0.4, 0.5) is 0 Å². The number of benzene rings is 2. The van der Waals surface area contributed by atoms with E-state index in [0.717, 1.165) is 11.1 Å². The number of aryl methyl sites for hydroxylation is 1. The molecule has 0 radical (unpaired) electrons. The van der Waals surface area contributed by atoms with E-state index < -0.39 is 10.0 Å². The van der Waals surface area contributed by atoms with Gasteiger partial charge in [0.2, 0.25) is 10.0 Å². The second kappa shape index (κ2) is 6.69. The minimum absolute atomic E-state index is 0.246. The monoisotopic (exact) mass is 339 g/mol. The van der Waals surface area contributed by atoms with Gasteiger partial charge in [-0.3, -0.25) is 0 Å². The number of sulfonamides is 1. The molecule has 22 heavy (non-hydrogen) atoms. The molecule has 0 amide bonds. The first-order valence-corrected chi connectivity index (χ1v) is 8.52. The van der Waals surface area contributed by atoms with Gasteiger partial charge in [0.1, 0.15) is 5.75 Å². The van der Waals surface area contributed by atoms with Crippen LogP contribution in [0.5, 0.6) is 5.75 Å². The average molecular weight is 340 g/mol. The van der Waals surface area contributed by atoms with Crippen molar-refractivity contribution in [2.45, 2.75) is 18.4 Å². The fraction of sp³-hybridized carbons (Fsp3) is 0.250. The minimum Gasteiger partial charge on any atom is -0.496 e. The van der Waals surface area contributed by atoms with Gasteiger partial charge in [0.05, 0.1) is 12.0 Å². The normalized spacial score (nSPS) is 11.7. The van der Waals surface area contributed by atoms with Crippen molar-refractivity contribution in [2.75, 3.05) is 14.2 Å². The number of nitrogens with zero attached hydrogens (tertiary/aromatic N) is 1. The third kappa shape index (κ3) is 3.61. The molecule has 4 nitrogen and oxygen atoms in total. The predicted molar refractivity (Wildman–Crippen MR) is 87.8 cm³/mol. The Balaban J connectivity index is 2.27. The molecule has 2 rings (SSSR count). The van der Waals surface area contributed by atoms with Crippen molar-refractivity contribution in [1.82, 2.24) is 4.31 Å². The summed E-state index contributed by atoms with van der Waals surface area (Å²) >= 11 is 5.93. The van der Waals surface area contributed by atoms with E-state index in [4.69, 9.17) is 16.3 Å². The van der Waals surface area contributed by atoms with Crippen molar-refractivity contribution in [2.24, 2.45) is 0 Å². The first kappa shape index (κ1) is 16.8.